The third kappa shape index (κ3) is 2.41. The smallest absolute Gasteiger partial charge is 0.393 e. The molecule has 7 nitrogen and oxygen atoms in total. The molecule has 1 unspecified atom stereocenters. The second-order valence-electron chi connectivity index (χ2n) is 4.51. The number of imidazole rings is 1. The molecule has 1 N–H and O–H groups in total. The Morgan fingerprint density at radius 2 is 2.53 bits per heavy atom. The summed E-state index contributed by atoms with van der Waals surface area (Å²) in [6, 6.07) is 0.257. The van der Waals surface area contributed by atoms with Crippen molar-refractivity contribution in [2.45, 2.75) is 25.3 Å². The van der Waals surface area contributed by atoms with Gasteiger partial charge in [-0.3, -0.25) is 0 Å². The molecular weight excluding hydrogens is 268 g/mol. The van der Waals surface area contributed by atoms with Crippen LogP contribution in [-0.2, 0) is 0 Å². The van der Waals surface area contributed by atoms with E-state index in [1.807, 2.05) is 0 Å². The number of nitrogens with one attached hydrogen (secondary N) is 1. The Hall–Kier alpha value is -1.67. The molecular formula is C11H14N4O3S. The number of hydrogen-bond donors (Lipinski definition) is 1. The minimum absolute atomic E-state index is 0.0907. The van der Waals surface area contributed by atoms with E-state index in [9.17, 15) is 10.1 Å². The molecule has 1 aliphatic heterocycles. The molecule has 1 aliphatic rings. The van der Waals surface area contributed by atoms with Crippen molar-refractivity contribution >= 4 is 22.1 Å². The summed E-state index contributed by atoms with van der Waals surface area (Å²) in [5, 5.41) is 16.2. The maximum Gasteiger partial charge on any atom is 0.393 e. The Kier molecular flexibility index (Phi) is 3.34. The average molecular weight is 282 g/mol. The number of aromatic nitrogens is 2. The first-order chi connectivity index (χ1) is 9.25. The molecule has 3 heterocycles. The van der Waals surface area contributed by atoms with E-state index >= 15 is 0 Å². The number of nitro groups is 1. The molecule has 2 aromatic heterocycles. The summed E-state index contributed by atoms with van der Waals surface area (Å²) in [6.07, 6.45) is 5.02. The lowest BCUT2D eigenvalue weighted by molar-refractivity contribution is -0.391. The molecule has 1 fully saturated rings. The number of hydrogen-bond acceptors (Lipinski definition) is 6. The fourth-order valence-electron chi connectivity index (χ4n) is 2.26. The Morgan fingerprint density at radius 1 is 1.63 bits per heavy atom. The van der Waals surface area contributed by atoms with E-state index < -0.39 is 4.92 Å². The number of piperidine rings is 1. The van der Waals surface area contributed by atoms with E-state index in [-0.39, 0.29) is 17.7 Å². The molecule has 0 amide bonds. The topological polar surface area (TPSA) is 81.7 Å². The van der Waals surface area contributed by atoms with E-state index in [2.05, 4.69) is 10.3 Å². The van der Waals surface area contributed by atoms with E-state index in [4.69, 9.17) is 4.74 Å². The first-order valence-electron chi connectivity index (χ1n) is 6.22. The predicted octanol–water partition coefficient (Wildman–Crippen LogP) is 1.82. The third-order valence-electron chi connectivity index (χ3n) is 3.21. The summed E-state index contributed by atoms with van der Waals surface area (Å²) in [7, 11) is 0. The summed E-state index contributed by atoms with van der Waals surface area (Å²) in [5.74, 6) is 0.0243. The van der Waals surface area contributed by atoms with Crippen molar-refractivity contribution in [3.63, 3.8) is 0 Å². The Balaban J connectivity index is 1.77. The SMILES string of the molecule is O=[N+]([O-])c1c(OCC2CCCCN2)nc2sccn12. The molecule has 3 rings (SSSR count). The maximum atomic E-state index is 11.1. The van der Waals surface area contributed by atoms with Crippen molar-refractivity contribution in [1.82, 2.24) is 14.7 Å². The summed E-state index contributed by atoms with van der Waals surface area (Å²) in [6.45, 7) is 1.40. The number of nitrogens with zero attached hydrogens (tertiary/aromatic N) is 3. The Morgan fingerprint density at radius 3 is 3.26 bits per heavy atom. The van der Waals surface area contributed by atoms with Crippen LogP contribution < -0.4 is 10.1 Å². The van der Waals surface area contributed by atoms with Gasteiger partial charge in [-0.1, -0.05) is 17.8 Å². The van der Waals surface area contributed by atoms with Crippen LogP contribution in [0, 0.1) is 10.1 Å². The van der Waals surface area contributed by atoms with Crippen LogP contribution in [0.2, 0.25) is 0 Å². The highest BCUT2D eigenvalue weighted by Gasteiger charge is 2.26. The largest absolute Gasteiger partial charge is 0.470 e. The first kappa shape index (κ1) is 12.4. The van der Waals surface area contributed by atoms with E-state index in [1.165, 1.54) is 28.6 Å². The van der Waals surface area contributed by atoms with Crippen LogP contribution in [0.1, 0.15) is 19.3 Å². The fourth-order valence-corrected chi connectivity index (χ4v) is 2.96. The lowest BCUT2D eigenvalue weighted by atomic mass is 10.1. The molecule has 0 spiro atoms. The van der Waals surface area contributed by atoms with Gasteiger partial charge in [-0.2, -0.15) is 9.38 Å². The first-order valence-corrected chi connectivity index (χ1v) is 7.10. The maximum absolute atomic E-state index is 11.1. The average Bonchev–Trinajstić information content (AvgIpc) is 2.96. The molecule has 1 atom stereocenters. The molecule has 0 aliphatic carbocycles. The Labute approximate surface area is 113 Å². The molecule has 0 bridgehead atoms. The zero-order chi connectivity index (χ0) is 13.2. The molecule has 8 heteroatoms. The van der Waals surface area contributed by atoms with Crippen molar-refractivity contribution < 1.29 is 9.66 Å². The lowest BCUT2D eigenvalue weighted by Gasteiger charge is -2.22. The molecule has 1 saturated heterocycles. The highest BCUT2D eigenvalue weighted by Crippen LogP contribution is 2.30. The second kappa shape index (κ2) is 5.14. The molecule has 2 aromatic rings. The van der Waals surface area contributed by atoms with Crippen molar-refractivity contribution in [1.29, 1.82) is 0 Å². The van der Waals surface area contributed by atoms with Gasteiger partial charge in [0.25, 0.3) is 4.96 Å². The van der Waals surface area contributed by atoms with Gasteiger partial charge in [0, 0.05) is 11.4 Å². The summed E-state index contributed by atoms with van der Waals surface area (Å²) >= 11 is 1.35. The van der Waals surface area contributed by atoms with E-state index in [0.29, 0.717) is 11.6 Å². The monoisotopic (exact) mass is 282 g/mol. The van der Waals surface area contributed by atoms with Gasteiger partial charge in [-0.15, -0.1) is 0 Å². The van der Waals surface area contributed by atoms with Crippen LogP contribution in [0.4, 0.5) is 5.82 Å². The van der Waals surface area contributed by atoms with Crippen LogP contribution in [-0.4, -0.2) is 33.5 Å². The van der Waals surface area contributed by atoms with Crippen molar-refractivity contribution in [3.05, 3.63) is 21.7 Å². The fraction of sp³-hybridized carbons (Fsp3) is 0.545. The van der Waals surface area contributed by atoms with Gasteiger partial charge in [0.2, 0.25) is 0 Å². The van der Waals surface area contributed by atoms with Gasteiger partial charge in [-0.25, -0.2) is 0 Å². The quantitative estimate of drug-likeness (QED) is 0.683. The highest BCUT2D eigenvalue weighted by atomic mass is 32.1. The summed E-state index contributed by atoms with van der Waals surface area (Å²) in [5.41, 5.74) is 0. The number of ether oxygens (including phenoxy) is 1. The Bertz CT molecular complexity index is 588. The van der Waals surface area contributed by atoms with Gasteiger partial charge in [0.05, 0.1) is 0 Å². The van der Waals surface area contributed by atoms with Crippen LogP contribution in [0.15, 0.2) is 11.6 Å². The van der Waals surface area contributed by atoms with Gasteiger partial charge < -0.3 is 20.2 Å². The highest BCUT2D eigenvalue weighted by molar-refractivity contribution is 7.15. The predicted molar refractivity (Wildman–Crippen MR) is 70.9 cm³/mol. The minimum Gasteiger partial charge on any atom is -0.470 e. The number of thiazole rings is 1. The molecule has 0 aromatic carbocycles. The van der Waals surface area contributed by atoms with Crippen LogP contribution >= 0.6 is 11.3 Å². The normalized spacial score (nSPS) is 19.7. The van der Waals surface area contributed by atoms with Crippen molar-refractivity contribution in [2.24, 2.45) is 0 Å². The van der Waals surface area contributed by atoms with Crippen molar-refractivity contribution in [3.8, 4) is 5.88 Å². The van der Waals surface area contributed by atoms with Gasteiger partial charge in [0.1, 0.15) is 12.8 Å². The summed E-state index contributed by atoms with van der Waals surface area (Å²) < 4.78 is 7.00. The van der Waals surface area contributed by atoms with E-state index in [0.717, 1.165) is 13.0 Å². The van der Waals surface area contributed by atoms with Gasteiger partial charge >= 0.3 is 11.7 Å². The standard InChI is InChI=1S/C11H14N4O3S/c16-15(17)10-9(13-11-14(10)5-6-19-11)18-7-8-3-1-2-4-12-8/h5-6,8,12H,1-4,7H2. The molecule has 19 heavy (non-hydrogen) atoms. The van der Waals surface area contributed by atoms with Crippen LogP contribution in [0.3, 0.4) is 0 Å². The van der Waals surface area contributed by atoms with Crippen LogP contribution in [0.5, 0.6) is 5.88 Å². The van der Waals surface area contributed by atoms with Crippen LogP contribution in [0.25, 0.3) is 4.96 Å². The van der Waals surface area contributed by atoms with Gasteiger partial charge in [0.15, 0.2) is 0 Å². The number of rotatable bonds is 4. The number of fused-ring (bicyclic) bond motifs is 1. The van der Waals surface area contributed by atoms with E-state index in [1.54, 1.807) is 11.6 Å². The summed E-state index contributed by atoms with van der Waals surface area (Å²) in [4.78, 5) is 15.4. The van der Waals surface area contributed by atoms with Crippen molar-refractivity contribution in [2.75, 3.05) is 13.2 Å². The molecule has 102 valence electrons. The molecule has 0 saturated carbocycles. The third-order valence-corrected chi connectivity index (χ3v) is 3.97. The second-order valence-corrected chi connectivity index (χ2v) is 5.38. The minimum atomic E-state index is -0.448. The van der Waals surface area contributed by atoms with Gasteiger partial charge in [-0.05, 0) is 24.3 Å². The lowest BCUT2D eigenvalue weighted by Crippen LogP contribution is -2.38. The zero-order valence-electron chi connectivity index (χ0n) is 10.2. The zero-order valence-corrected chi connectivity index (χ0v) is 11.1. The molecule has 0 radical (unpaired) electrons.